The van der Waals surface area contributed by atoms with E-state index < -0.39 is 26.1 Å². The number of nitriles is 3. The number of nitrogens with one attached hydrogen (secondary N) is 2. The molecule has 3 aliphatic carbocycles. The van der Waals surface area contributed by atoms with Crippen molar-refractivity contribution in [2.45, 2.75) is 107 Å². The topological polar surface area (TPSA) is 345 Å². The molecule has 23 heteroatoms. The zero-order chi connectivity index (χ0) is 61.9. The number of carbonyl (C=O) groups excluding carboxylic acids is 2. The average Bonchev–Trinajstić information content (AvgIpc) is 2.38. The number of aromatic nitrogens is 5. The Bertz CT molecular complexity index is 4490. The van der Waals surface area contributed by atoms with Crippen molar-refractivity contribution in [2.75, 3.05) is 11.1 Å². The molecule has 0 fully saturated rings. The number of anilines is 2. The van der Waals surface area contributed by atoms with Gasteiger partial charge < -0.3 is 20.2 Å². The molecule has 6 N–H and O–H groups in total. The lowest BCUT2D eigenvalue weighted by atomic mass is 9.97. The molecule has 0 aliphatic heterocycles. The molecule has 0 radical (unpaired) electrons. The fourth-order valence-electron chi connectivity index (χ4n) is 10.4. The van der Waals surface area contributed by atoms with Crippen LogP contribution in [0, 0.1) is 34.0 Å². The van der Waals surface area contributed by atoms with Crippen LogP contribution in [0.2, 0.25) is 0 Å². The van der Waals surface area contributed by atoms with Crippen molar-refractivity contribution in [3.63, 3.8) is 0 Å². The maximum atomic E-state index is 12.9. The largest absolute Gasteiger partial charge is 0.398 e. The van der Waals surface area contributed by atoms with Crippen LogP contribution in [0.1, 0.15) is 110 Å². The van der Waals surface area contributed by atoms with Crippen LogP contribution in [0.4, 0.5) is 21.9 Å². The molecule has 0 spiro atoms. The van der Waals surface area contributed by atoms with Gasteiger partial charge in [-0.3, -0.25) is 9.59 Å². The second-order valence-electron chi connectivity index (χ2n) is 20.8. The molecule has 0 unspecified atom stereocenters. The van der Waals surface area contributed by atoms with Gasteiger partial charge in [-0.25, -0.2) is 51.2 Å². The zero-order valence-corrected chi connectivity index (χ0v) is 49.0. The number of nitrogens with two attached hydrogens (primary N) is 2. The number of rotatable bonds is 10. The van der Waals surface area contributed by atoms with Gasteiger partial charge in [0.2, 0.25) is 16.1 Å². The number of aliphatic imine (C=N–C) groups is 1. The minimum atomic E-state index is -4.23. The van der Waals surface area contributed by atoms with E-state index in [-0.39, 0.29) is 38.7 Å². The number of nitrogen functional groups attached to an aromatic ring is 1. The molecule has 0 saturated carbocycles. The van der Waals surface area contributed by atoms with Gasteiger partial charge in [0.25, 0.3) is 21.1 Å². The Morgan fingerprint density at radius 3 is 1.51 bits per heavy atom. The molecule has 3 aromatic carbocycles. The van der Waals surface area contributed by atoms with Crippen LogP contribution < -0.4 is 32.0 Å². The number of nitrogens with zero attached hydrogens (tertiary/aromatic N) is 9. The molecule has 5 aromatic heterocycles. The normalized spacial score (nSPS) is 12.6. The summed E-state index contributed by atoms with van der Waals surface area (Å²) in [7, 11) is -7.96. The van der Waals surface area contributed by atoms with E-state index in [9.17, 15) is 41.3 Å². The first kappa shape index (κ1) is 61.9. The van der Waals surface area contributed by atoms with E-state index >= 15 is 0 Å². The molecule has 2 amide bonds. The molecule has 0 bridgehead atoms. The third-order valence-electron chi connectivity index (χ3n) is 14.6. The number of carbonyl (C=O) groups is 1. The van der Waals surface area contributed by atoms with Crippen LogP contribution in [0.5, 0.6) is 0 Å². The van der Waals surface area contributed by atoms with Crippen LogP contribution in [0.3, 0.4) is 0 Å². The highest BCUT2D eigenvalue weighted by atomic mass is 32.2. The van der Waals surface area contributed by atoms with E-state index in [1.54, 1.807) is 70.4 Å². The lowest BCUT2D eigenvalue weighted by molar-refractivity contribution is 0.256. The summed E-state index contributed by atoms with van der Waals surface area (Å²) >= 11 is 0. The van der Waals surface area contributed by atoms with Crippen LogP contribution in [0.25, 0.3) is 33.4 Å². The van der Waals surface area contributed by atoms with Crippen molar-refractivity contribution in [3.05, 3.63) is 199 Å². The molecular formula is C63H59N13O8S2. The molecule has 8 aromatic rings. The number of hydrogen-bond donors (Lipinski definition) is 4. The van der Waals surface area contributed by atoms with Gasteiger partial charge in [-0.05, 0) is 184 Å². The van der Waals surface area contributed by atoms with Crippen LogP contribution in [-0.4, -0.2) is 53.0 Å². The van der Waals surface area contributed by atoms with Gasteiger partial charge >= 0.3 is 6.03 Å². The number of urea groups is 1. The molecule has 11 rings (SSSR count). The lowest BCUT2D eigenvalue weighted by Gasteiger charge is -2.17. The zero-order valence-electron chi connectivity index (χ0n) is 47.4. The number of pyridine rings is 5. The number of benzene rings is 3. The van der Waals surface area contributed by atoms with Crippen molar-refractivity contribution < 1.29 is 26.4 Å². The second-order valence-corrected chi connectivity index (χ2v) is 24.0. The fourth-order valence-corrected chi connectivity index (χ4v) is 11.9. The Kier molecular flexibility index (Phi) is 19.4. The van der Waals surface area contributed by atoms with Gasteiger partial charge in [-0.2, -0.15) is 20.8 Å². The molecule has 0 atom stereocenters. The third kappa shape index (κ3) is 14.4. The molecule has 86 heavy (non-hydrogen) atoms. The van der Waals surface area contributed by atoms with Gasteiger partial charge in [0, 0.05) is 77.6 Å². The Balaban J connectivity index is 0.000000158. The SMILES string of the molecule is CC(C)n1cc(S(=O)(=O)NC(=O)Nc2c(-c3ccnc(C#N)c3)ccc3c2CCC3)ccc1=O.CC(C)n1cc(S(N)(=O)=O)ccc1=O.N#Cc1cc(-c2ccc3c(c2N)CCC3)ccn1.N#Cc1cc(-c2ccc3c(c2N=C=O)CCC3)ccn1. The molecular weight excluding hydrogens is 1130 g/mol. The van der Waals surface area contributed by atoms with Gasteiger partial charge in [0.05, 0.1) is 16.3 Å². The number of aryl methyl sites for hydroxylation is 3. The summed E-state index contributed by atoms with van der Waals surface area (Å²) in [6, 6.07) is 32.2. The van der Waals surface area contributed by atoms with Crippen LogP contribution in [0.15, 0.2) is 152 Å². The van der Waals surface area contributed by atoms with Crippen molar-refractivity contribution in [3.8, 4) is 51.6 Å². The highest BCUT2D eigenvalue weighted by molar-refractivity contribution is 7.90. The number of primary sulfonamides is 1. The van der Waals surface area contributed by atoms with Gasteiger partial charge in [-0.15, -0.1) is 0 Å². The average molecular weight is 1190 g/mol. The van der Waals surface area contributed by atoms with Gasteiger partial charge in [0.15, 0.2) is 0 Å². The standard InChI is InChI=1S/C24H23N5O4S.C16H11N3O.C15H13N3.C8H12N2O3S/c1-15(2)29-14-19(7-9-22(29)30)34(32,33)28-24(31)27-23-20-5-3-4-16(20)6-8-21(23)17-10-11-26-18(12-17)13-25;17-9-13-8-12(6-7-18-13)15-5-4-11-2-1-3-14(11)16(15)19-10-20;16-9-12-8-11(6-7-18-12)14-5-4-10-2-1-3-13(10)15(14)17;1-6(2)10-5-7(14(9,12)13)3-4-8(10)11/h6-12,14-15H,3-5H2,1-2H3,(H2,27,28,31);4-8H,1-3H2;4-8H,1-3,17H2;3-6H,1-2H3,(H2,9,12,13). The van der Waals surface area contributed by atoms with Crippen molar-refractivity contribution in [2.24, 2.45) is 10.1 Å². The summed E-state index contributed by atoms with van der Waals surface area (Å²) in [5, 5.41) is 34.7. The number of fused-ring (bicyclic) bond motifs is 3. The predicted octanol–water partition coefficient (Wildman–Crippen LogP) is 9.21. The Labute approximate surface area is 497 Å². The second kappa shape index (κ2) is 27.0. The third-order valence-corrected chi connectivity index (χ3v) is 16.8. The number of hydrogen-bond acceptors (Lipinski definition) is 16. The minimum Gasteiger partial charge on any atom is -0.398 e. The van der Waals surface area contributed by atoms with Gasteiger partial charge in [-0.1, -0.05) is 36.4 Å². The molecule has 21 nitrogen and oxygen atoms in total. The van der Waals surface area contributed by atoms with Crippen molar-refractivity contribution >= 4 is 49.2 Å². The highest BCUT2D eigenvalue weighted by Crippen LogP contribution is 2.40. The van der Waals surface area contributed by atoms with E-state index in [2.05, 4.69) is 49.5 Å². The van der Waals surface area contributed by atoms with E-state index in [4.69, 9.17) is 21.4 Å². The summed E-state index contributed by atoms with van der Waals surface area (Å²) in [6.07, 6.45) is 17.8. The number of amides is 2. The van der Waals surface area contributed by atoms with Gasteiger partial charge in [0.1, 0.15) is 40.2 Å². The molecule has 436 valence electrons. The van der Waals surface area contributed by atoms with Crippen LogP contribution >= 0.6 is 0 Å². The first-order valence-corrected chi connectivity index (χ1v) is 30.4. The summed E-state index contributed by atoms with van der Waals surface area (Å²) < 4.78 is 52.3. The van der Waals surface area contributed by atoms with Crippen LogP contribution in [-0.2, 0) is 63.4 Å². The predicted molar refractivity (Wildman–Crippen MR) is 324 cm³/mol. The Morgan fingerprint density at radius 2 is 1.01 bits per heavy atom. The number of sulfonamides is 2. The summed E-state index contributed by atoms with van der Waals surface area (Å²) in [5.41, 5.74) is 20.8. The van der Waals surface area contributed by atoms with E-state index in [1.807, 2.05) is 47.2 Å². The minimum absolute atomic E-state index is 0.0502. The quantitative estimate of drug-likeness (QED) is 0.0563. The Morgan fingerprint density at radius 1 is 0.581 bits per heavy atom. The summed E-state index contributed by atoms with van der Waals surface area (Å²) in [4.78, 5) is 62.4. The summed E-state index contributed by atoms with van der Waals surface area (Å²) in [5.74, 6) is 0. The molecule has 0 saturated heterocycles. The monoisotopic (exact) mass is 1190 g/mol. The van der Waals surface area contributed by atoms with Crippen molar-refractivity contribution in [1.82, 2.24) is 28.8 Å². The van der Waals surface area contributed by atoms with E-state index in [0.717, 1.165) is 102 Å². The Hall–Kier alpha value is -10.2. The first-order chi connectivity index (χ1) is 41.1. The molecule has 3 aliphatic rings. The maximum Gasteiger partial charge on any atom is 0.333 e. The molecule has 5 heterocycles. The van der Waals surface area contributed by atoms with E-state index in [0.29, 0.717) is 33.9 Å². The van der Waals surface area contributed by atoms with E-state index in [1.165, 1.54) is 69.0 Å². The fraction of sp³-hybridized carbons (Fsp3) is 0.238. The smallest absolute Gasteiger partial charge is 0.333 e. The highest BCUT2D eigenvalue weighted by Gasteiger charge is 2.25. The number of isocyanates is 1. The maximum absolute atomic E-state index is 12.9. The summed E-state index contributed by atoms with van der Waals surface area (Å²) in [6.45, 7) is 7.08. The van der Waals surface area contributed by atoms with Crippen molar-refractivity contribution in [1.29, 1.82) is 15.8 Å². The lowest BCUT2D eigenvalue weighted by Crippen LogP contribution is -2.35. The first-order valence-electron chi connectivity index (χ1n) is 27.3.